The summed E-state index contributed by atoms with van der Waals surface area (Å²) in [5, 5.41) is 0. The lowest BCUT2D eigenvalue weighted by Gasteiger charge is -2.36. The molecule has 0 aromatic heterocycles. The number of carbonyl (C=O) groups is 1. The Kier molecular flexibility index (Phi) is 5.09. The average molecular weight is 368 g/mol. The predicted molar refractivity (Wildman–Crippen MR) is 107 cm³/mol. The monoisotopic (exact) mass is 368 g/mol. The van der Waals surface area contributed by atoms with Gasteiger partial charge in [-0.3, -0.25) is 9.69 Å². The molecule has 6 heteroatoms. The summed E-state index contributed by atoms with van der Waals surface area (Å²) in [7, 11) is 3.63. The zero-order valence-corrected chi connectivity index (χ0v) is 16.3. The summed E-state index contributed by atoms with van der Waals surface area (Å²) in [4.78, 5) is 14.9. The SMILES string of the molecule is CC(C)[C@@]1(Cc2ccccc2)C(=O)O[B-](F)(c2ccccc2)/[N+]1=C/N(C)C. The molecule has 0 bridgehead atoms. The van der Waals surface area contributed by atoms with Crippen LogP contribution >= 0.6 is 0 Å². The van der Waals surface area contributed by atoms with Gasteiger partial charge < -0.3 is 13.5 Å². The highest BCUT2D eigenvalue weighted by Crippen LogP contribution is 2.38. The summed E-state index contributed by atoms with van der Waals surface area (Å²) in [5.41, 5.74) is 0.198. The summed E-state index contributed by atoms with van der Waals surface area (Å²) in [6.07, 6.45) is 2.02. The largest absolute Gasteiger partial charge is 0.619 e. The topological polar surface area (TPSA) is 32.6 Å². The van der Waals surface area contributed by atoms with Crippen molar-refractivity contribution in [2.75, 3.05) is 14.1 Å². The molecule has 142 valence electrons. The molecule has 0 aliphatic carbocycles. The number of hydrogen-bond acceptors (Lipinski definition) is 2. The van der Waals surface area contributed by atoms with Crippen LogP contribution in [0.1, 0.15) is 19.4 Å². The fraction of sp³-hybridized carbons (Fsp3) is 0.333. The minimum atomic E-state index is -3.18. The third-order valence-electron chi connectivity index (χ3n) is 5.27. The summed E-state index contributed by atoms with van der Waals surface area (Å²) >= 11 is 0. The van der Waals surface area contributed by atoms with E-state index in [4.69, 9.17) is 4.65 Å². The van der Waals surface area contributed by atoms with Crippen LogP contribution in [0.5, 0.6) is 0 Å². The van der Waals surface area contributed by atoms with Gasteiger partial charge in [-0.1, -0.05) is 80.0 Å². The van der Waals surface area contributed by atoms with E-state index in [9.17, 15) is 4.79 Å². The third kappa shape index (κ3) is 3.24. The molecule has 4 nitrogen and oxygen atoms in total. The van der Waals surface area contributed by atoms with Crippen LogP contribution in [0.15, 0.2) is 60.7 Å². The molecule has 1 aliphatic rings. The van der Waals surface area contributed by atoms with Crippen molar-refractivity contribution in [2.24, 2.45) is 5.92 Å². The minimum Gasteiger partial charge on any atom is -0.619 e. The summed E-state index contributed by atoms with van der Waals surface area (Å²) in [6.45, 7) is 0.696. The van der Waals surface area contributed by atoms with Gasteiger partial charge in [0.25, 0.3) is 0 Å². The molecule has 1 aliphatic heterocycles. The number of halogens is 1. The van der Waals surface area contributed by atoms with Gasteiger partial charge in [0.1, 0.15) is 0 Å². The molecular formula is C21H26BFN2O2. The molecule has 1 unspecified atom stereocenters. The number of carbonyl (C=O) groups excluding carboxylic acids is 1. The van der Waals surface area contributed by atoms with Crippen molar-refractivity contribution in [2.45, 2.75) is 25.8 Å². The summed E-state index contributed by atoms with van der Waals surface area (Å²) < 4.78 is 23.4. The lowest BCUT2D eigenvalue weighted by Crippen LogP contribution is -2.61. The van der Waals surface area contributed by atoms with E-state index in [1.807, 2.05) is 64.3 Å². The highest BCUT2D eigenvalue weighted by Gasteiger charge is 2.63. The van der Waals surface area contributed by atoms with Gasteiger partial charge in [-0.2, -0.15) is 0 Å². The van der Waals surface area contributed by atoms with Crippen LogP contribution in [-0.4, -0.2) is 48.1 Å². The van der Waals surface area contributed by atoms with Gasteiger partial charge in [0.15, 0.2) is 11.9 Å². The number of nitrogens with zero attached hydrogens (tertiary/aromatic N) is 2. The Hall–Kier alpha value is -2.63. The second kappa shape index (κ2) is 7.18. The van der Waals surface area contributed by atoms with Crippen LogP contribution in [-0.2, 0) is 15.9 Å². The lowest BCUT2D eigenvalue weighted by atomic mass is 9.64. The van der Waals surface area contributed by atoms with Crippen molar-refractivity contribution < 1.29 is 18.3 Å². The quantitative estimate of drug-likeness (QED) is 0.601. The Labute approximate surface area is 160 Å². The van der Waals surface area contributed by atoms with Gasteiger partial charge in [0.2, 0.25) is 0 Å². The third-order valence-corrected chi connectivity index (χ3v) is 5.27. The number of hydrogen-bond donors (Lipinski definition) is 0. The highest BCUT2D eigenvalue weighted by molar-refractivity contribution is 6.76. The molecule has 0 saturated carbocycles. The van der Waals surface area contributed by atoms with Crippen molar-refractivity contribution in [1.29, 1.82) is 0 Å². The molecule has 3 rings (SSSR count). The molecular weight excluding hydrogens is 342 g/mol. The van der Waals surface area contributed by atoms with E-state index < -0.39 is 18.3 Å². The van der Waals surface area contributed by atoms with Gasteiger partial charge in [0.05, 0.1) is 14.1 Å². The number of rotatable bonds is 5. The first-order chi connectivity index (χ1) is 12.8. The molecule has 0 amide bonds. The zero-order chi connectivity index (χ0) is 19.7. The van der Waals surface area contributed by atoms with E-state index in [0.29, 0.717) is 11.9 Å². The Balaban J connectivity index is 2.21. The highest BCUT2D eigenvalue weighted by atomic mass is 19.1. The molecule has 0 radical (unpaired) electrons. The first kappa shape index (κ1) is 19.1. The summed E-state index contributed by atoms with van der Waals surface area (Å²) in [6, 6.07) is 18.4. The van der Waals surface area contributed by atoms with Crippen LogP contribution in [0.4, 0.5) is 4.32 Å². The van der Waals surface area contributed by atoms with Crippen molar-refractivity contribution in [3.8, 4) is 0 Å². The fourth-order valence-electron chi connectivity index (χ4n) is 3.87. The van der Waals surface area contributed by atoms with Crippen molar-refractivity contribution >= 4 is 24.5 Å². The van der Waals surface area contributed by atoms with Crippen molar-refractivity contribution in [1.82, 2.24) is 4.90 Å². The van der Waals surface area contributed by atoms with Crippen LogP contribution < -0.4 is 5.46 Å². The second-order valence-corrected chi connectivity index (χ2v) is 7.69. The van der Waals surface area contributed by atoms with Crippen molar-refractivity contribution in [3.63, 3.8) is 0 Å². The van der Waals surface area contributed by atoms with Gasteiger partial charge >= 0.3 is 12.7 Å². The molecule has 1 heterocycles. The van der Waals surface area contributed by atoms with Crippen LogP contribution in [0.25, 0.3) is 0 Å². The second-order valence-electron chi connectivity index (χ2n) is 7.69. The molecule has 2 aromatic carbocycles. The standard InChI is InChI=1S/C21H26BFN2O2/c1-17(2)21(15-18-11-7-5-8-12-18)20(26)27-22(23,25(21)16-24(3)4)19-13-9-6-10-14-19/h5-14,16-17H,15H2,1-4H3/b25-16+/t21-,22?/m0/s1. The smallest absolute Gasteiger partial charge is 0.568 e. The zero-order valence-electron chi connectivity index (χ0n) is 16.3. The van der Waals surface area contributed by atoms with Crippen LogP contribution in [0, 0.1) is 5.92 Å². The number of benzene rings is 2. The van der Waals surface area contributed by atoms with Gasteiger partial charge in [-0.05, 0) is 5.56 Å². The first-order valence-corrected chi connectivity index (χ1v) is 9.27. The lowest BCUT2D eigenvalue weighted by molar-refractivity contribution is -0.490. The van der Waals surface area contributed by atoms with Gasteiger partial charge in [-0.25, -0.2) is 0 Å². The molecule has 1 fully saturated rings. The molecule has 0 spiro atoms. The molecule has 0 N–H and O–H groups in total. The maximum absolute atomic E-state index is 16.4. The fourth-order valence-corrected chi connectivity index (χ4v) is 3.87. The van der Waals surface area contributed by atoms with E-state index in [2.05, 4.69) is 0 Å². The van der Waals surface area contributed by atoms with Crippen LogP contribution in [0.2, 0.25) is 0 Å². The molecule has 2 aromatic rings. The van der Waals surface area contributed by atoms with Crippen molar-refractivity contribution in [3.05, 3.63) is 66.2 Å². The van der Waals surface area contributed by atoms with E-state index in [0.717, 1.165) is 5.56 Å². The molecule has 1 saturated heterocycles. The first-order valence-electron chi connectivity index (χ1n) is 9.27. The Morgan fingerprint density at radius 1 is 1.11 bits per heavy atom. The molecule has 27 heavy (non-hydrogen) atoms. The molecule has 2 atom stereocenters. The van der Waals surface area contributed by atoms with E-state index in [-0.39, 0.29) is 5.92 Å². The normalized spacial score (nSPS) is 26.4. The van der Waals surface area contributed by atoms with Gasteiger partial charge in [0, 0.05) is 12.3 Å². The van der Waals surface area contributed by atoms with E-state index in [1.165, 1.54) is 4.49 Å². The Morgan fingerprint density at radius 2 is 1.67 bits per heavy atom. The summed E-state index contributed by atoms with van der Waals surface area (Å²) in [5.74, 6) is -0.685. The Morgan fingerprint density at radius 3 is 2.19 bits per heavy atom. The predicted octanol–water partition coefficient (Wildman–Crippen LogP) is 2.60. The van der Waals surface area contributed by atoms with E-state index >= 15 is 4.32 Å². The Bertz CT molecular complexity index is 842. The maximum Gasteiger partial charge on any atom is 0.568 e. The van der Waals surface area contributed by atoms with E-state index in [1.54, 1.807) is 35.5 Å². The van der Waals surface area contributed by atoms with Gasteiger partial charge in [-0.15, -0.1) is 0 Å². The minimum absolute atomic E-state index is 0.162. The maximum atomic E-state index is 16.4. The average Bonchev–Trinajstić information content (AvgIpc) is 2.85. The van der Waals surface area contributed by atoms with Crippen LogP contribution in [0.3, 0.4) is 0 Å².